The van der Waals surface area contributed by atoms with Crippen LogP contribution in [0.15, 0.2) is 243 Å². The highest BCUT2D eigenvalue weighted by molar-refractivity contribution is 6.17. The third-order valence-electron chi connectivity index (χ3n) is 14.7. The zero-order valence-electron chi connectivity index (χ0n) is 39.1. The van der Waals surface area contributed by atoms with Crippen molar-refractivity contribution in [3.05, 3.63) is 254 Å². The Bertz CT molecular complexity index is 4160. The lowest BCUT2D eigenvalue weighted by Gasteiger charge is -2.16. The third kappa shape index (κ3) is 6.71. The second-order valence-corrected chi connectivity index (χ2v) is 18.7. The van der Waals surface area contributed by atoms with Gasteiger partial charge in [0.1, 0.15) is 0 Å². The first kappa shape index (κ1) is 41.2. The number of hydrogen-bond acceptors (Lipinski definition) is 1. The molecule has 0 saturated heterocycles. The molecule has 12 aromatic carbocycles. The second-order valence-electron chi connectivity index (χ2n) is 18.7. The van der Waals surface area contributed by atoms with Gasteiger partial charge in [-0.05, 0) is 167 Å². The molecule has 0 aliphatic carbocycles. The quantitative estimate of drug-likeness (QED) is 0.159. The van der Waals surface area contributed by atoms with E-state index in [1.165, 1.54) is 126 Å². The number of nitrogens with two attached hydrogens (primary N) is 1. The topological polar surface area (TPSA) is 30.9 Å². The fourth-order valence-electron chi connectivity index (χ4n) is 11.4. The standard InChI is InChI=1S/C68H48N2/c1-43-14-6-7-23-54(43)60-28-12-21-50-22-13-29-61(68(50)60)55-39-41-64-65(44(55)2)62-42-51(59-27-11-20-49-19-8-24-56(67(49)59)45-15-4-3-5-16-45)34-40-63(62)70(64)53-37-32-47(33-38-53)58-26-10-18-48-17-9-25-57(66(48)58)46-30-35-52(69)36-31-46/h3-42H,69H2,1-2H3. The number of nitrogens with zero attached hydrogens (tertiary/aromatic N) is 1. The average molecular weight is 893 g/mol. The van der Waals surface area contributed by atoms with Crippen LogP contribution < -0.4 is 5.73 Å². The van der Waals surface area contributed by atoms with Crippen molar-refractivity contribution in [1.82, 2.24) is 4.57 Å². The van der Waals surface area contributed by atoms with Crippen molar-refractivity contribution >= 4 is 59.8 Å². The molecule has 0 radical (unpaired) electrons. The maximum atomic E-state index is 6.13. The molecule has 0 saturated carbocycles. The van der Waals surface area contributed by atoms with Gasteiger partial charge in [-0.2, -0.15) is 0 Å². The lowest BCUT2D eigenvalue weighted by Crippen LogP contribution is -1.95. The van der Waals surface area contributed by atoms with Gasteiger partial charge in [-0.15, -0.1) is 0 Å². The molecule has 0 spiro atoms. The monoisotopic (exact) mass is 892 g/mol. The smallest absolute Gasteiger partial charge is 0.0544 e. The molecule has 0 bridgehead atoms. The minimum Gasteiger partial charge on any atom is -0.399 e. The number of fused-ring (bicyclic) bond motifs is 6. The number of benzene rings is 12. The average Bonchev–Trinajstić information content (AvgIpc) is 3.75. The highest BCUT2D eigenvalue weighted by Gasteiger charge is 2.21. The van der Waals surface area contributed by atoms with Crippen LogP contribution >= 0.6 is 0 Å². The van der Waals surface area contributed by atoms with Gasteiger partial charge < -0.3 is 10.3 Å². The van der Waals surface area contributed by atoms with Gasteiger partial charge >= 0.3 is 0 Å². The molecule has 330 valence electrons. The largest absolute Gasteiger partial charge is 0.399 e. The first-order valence-electron chi connectivity index (χ1n) is 24.2. The number of aryl methyl sites for hydroxylation is 2. The van der Waals surface area contributed by atoms with Gasteiger partial charge in [0.05, 0.1) is 11.0 Å². The van der Waals surface area contributed by atoms with Crippen LogP contribution in [0.5, 0.6) is 0 Å². The predicted molar refractivity (Wildman–Crippen MR) is 300 cm³/mol. The van der Waals surface area contributed by atoms with Crippen LogP contribution in [-0.2, 0) is 0 Å². The number of aromatic nitrogens is 1. The molecule has 2 N–H and O–H groups in total. The van der Waals surface area contributed by atoms with Crippen molar-refractivity contribution in [3.8, 4) is 72.4 Å². The Kier molecular flexibility index (Phi) is 9.81. The van der Waals surface area contributed by atoms with E-state index >= 15 is 0 Å². The van der Waals surface area contributed by atoms with E-state index in [0.29, 0.717) is 0 Å². The van der Waals surface area contributed by atoms with Gasteiger partial charge in [-0.3, -0.25) is 0 Å². The number of anilines is 1. The Morgan fingerprint density at radius 2 is 0.729 bits per heavy atom. The van der Waals surface area contributed by atoms with E-state index in [-0.39, 0.29) is 0 Å². The number of hydrogen-bond donors (Lipinski definition) is 1. The normalized spacial score (nSPS) is 11.6. The van der Waals surface area contributed by atoms with Crippen LogP contribution in [0.25, 0.3) is 127 Å². The van der Waals surface area contributed by atoms with E-state index < -0.39 is 0 Å². The molecule has 0 atom stereocenters. The van der Waals surface area contributed by atoms with Crippen molar-refractivity contribution in [2.24, 2.45) is 0 Å². The van der Waals surface area contributed by atoms with Crippen LogP contribution in [-0.4, -0.2) is 4.57 Å². The maximum absolute atomic E-state index is 6.13. The molecule has 13 aromatic rings. The number of rotatable bonds is 7. The Hall–Kier alpha value is -8.98. The molecule has 2 heteroatoms. The summed E-state index contributed by atoms with van der Waals surface area (Å²) in [6.45, 7) is 4.55. The van der Waals surface area contributed by atoms with E-state index in [4.69, 9.17) is 5.73 Å². The predicted octanol–water partition coefficient (Wildman–Crippen LogP) is 18.4. The Morgan fingerprint density at radius 3 is 1.30 bits per heavy atom. The maximum Gasteiger partial charge on any atom is 0.0544 e. The summed E-state index contributed by atoms with van der Waals surface area (Å²) in [5.41, 5.74) is 27.5. The van der Waals surface area contributed by atoms with Gasteiger partial charge in [0.15, 0.2) is 0 Å². The summed E-state index contributed by atoms with van der Waals surface area (Å²) in [6.07, 6.45) is 0. The summed E-state index contributed by atoms with van der Waals surface area (Å²) in [4.78, 5) is 0. The van der Waals surface area contributed by atoms with E-state index in [2.05, 4.69) is 249 Å². The zero-order chi connectivity index (χ0) is 46.9. The molecule has 0 unspecified atom stereocenters. The molecular weight excluding hydrogens is 845 g/mol. The van der Waals surface area contributed by atoms with E-state index in [1.807, 2.05) is 12.1 Å². The van der Waals surface area contributed by atoms with Crippen LogP contribution in [0.4, 0.5) is 5.69 Å². The summed E-state index contributed by atoms with van der Waals surface area (Å²) in [5.74, 6) is 0. The van der Waals surface area contributed by atoms with E-state index in [1.54, 1.807) is 0 Å². The Labute approximate surface area is 408 Å². The highest BCUT2D eigenvalue weighted by Crippen LogP contribution is 2.45. The molecule has 0 fully saturated rings. The van der Waals surface area contributed by atoms with Gasteiger partial charge in [0.25, 0.3) is 0 Å². The van der Waals surface area contributed by atoms with Gasteiger partial charge in [-0.25, -0.2) is 0 Å². The van der Waals surface area contributed by atoms with Crippen molar-refractivity contribution in [3.63, 3.8) is 0 Å². The van der Waals surface area contributed by atoms with Crippen molar-refractivity contribution in [1.29, 1.82) is 0 Å². The summed E-state index contributed by atoms with van der Waals surface area (Å²) < 4.78 is 2.47. The number of nitrogen functional groups attached to an aromatic ring is 1. The van der Waals surface area contributed by atoms with Crippen molar-refractivity contribution in [2.45, 2.75) is 13.8 Å². The first-order chi connectivity index (χ1) is 34.5. The minimum absolute atomic E-state index is 0.763. The van der Waals surface area contributed by atoms with Gasteiger partial charge in [-0.1, -0.05) is 200 Å². The SMILES string of the molecule is Cc1ccccc1-c1cccc2cccc(-c3ccc4c(c3C)c3cc(-c5cccc6cccc(-c7ccccc7)c56)ccc3n4-c3ccc(-c4cccc5cccc(-c6ccc(N)cc6)c45)cc3)c12. The molecule has 1 aromatic heterocycles. The third-order valence-corrected chi connectivity index (χ3v) is 14.7. The fourth-order valence-corrected chi connectivity index (χ4v) is 11.4. The Balaban J connectivity index is 1.04. The van der Waals surface area contributed by atoms with E-state index in [0.717, 1.165) is 16.9 Å². The first-order valence-corrected chi connectivity index (χ1v) is 24.2. The van der Waals surface area contributed by atoms with Crippen LogP contribution in [0.1, 0.15) is 11.1 Å². The lowest BCUT2D eigenvalue weighted by atomic mass is 9.87. The van der Waals surface area contributed by atoms with E-state index in [9.17, 15) is 0 Å². The van der Waals surface area contributed by atoms with Crippen LogP contribution in [0.2, 0.25) is 0 Å². The lowest BCUT2D eigenvalue weighted by molar-refractivity contribution is 1.18. The molecule has 0 amide bonds. The molecule has 2 nitrogen and oxygen atoms in total. The molecule has 0 aliphatic heterocycles. The minimum atomic E-state index is 0.763. The second kappa shape index (κ2) is 16.7. The van der Waals surface area contributed by atoms with Crippen molar-refractivity contribution in [2.75, 3.05) is 5.73 Å². The fraction of sp³-hybridized carbons (Fsp3) is 0.0294. The van der Waals surface area contributed by atoms with Crippen LogP contribution in [0.3, 0.4) is 0 Å². The summed E-state index contributed by atoms with van der Waals surface area (Å²) in [7, 11) is 0. The molecule has 13 rings (SSSR count). The highest BCUT2D eigenvalue weighted by atomic mass is 15.0. The zero-order valence-corrected chi connectivity index (χ0v) is 39.1. The van der Waals surface area contributed by atoms with Gasteiger partial charge in [0.2, 0.25) is 0 Å². The molecule has 70 heavy (non-hydrogen) atoms. The van der Waals surface area contributed by atoms with Crippen molar-refractivity contribution < 1.29 is 0 Å². The Morgan fingerprint density at radius 1 is 0.300 bits per heavy atom. The summed E-state index contributed by atoms with van der Waals surface area (Å²) >= 11 is 0. The van der Waals surface area contributed by atoms with Gasteiger partial charge in [0, 0.05) is 22.1 Å². The molecular formula is C68H48N2. The summed E-state index contributed by atoms with van der Waals surface area (Å²) in [6, 6.07) is 88.9. The molecule has 0 aliphatic rings. The summed E-state index contributed by atoms with van der Waals surface area (Å²) in [5, 5.41) is 9.93. The van der Waals surface area contributed by atoms with Crippen LogP contribution in [0, 0.1) is 13.8 Å². The molecule has 1 heterocycles.